The molecule has 0 aromatic rings. The number of hydrogen-bond donors (Lipinski definition) is 3. The number of carbonyl (C=O) groups is 2. The maximum Gasteiger partial charge on any atom is 0.329 e. The summed E-state index contributed by atoms with van der Waals surface area (Å²) in [5.41, 5.74) is -0.714. The number of nitrogens with one attached hydrogen (secondary N) is 2. The summed E-state index contributed by atoms with van der Waals surface area (Å²) in [5.74, 6) is -1.02. The van der Waals surface area contributed by atoms with Crippen LogP contribution in [0.2, 0.25) is 0 Å². The topological polar surface area (TPSA) is 78.4 Å². The minimum absolute atomic E-state index is 0.0122. The number of urea groups is 1. The molecule has 0 spiro atoms. The van der Waals surface area contributed by atoms with Gasteiger partial charge in [0.2, 0.25) is 0 Å². The molecule has 5 nitrogen and oxygen atoms in total. The van der Waals surface area contributed by atoms with Crippen molar-refractivity contribution in [1.29, 1.82) is 0 Å². The van der Waals surface area contributed by atoms with Gasteiger partial charge in [0.1, 0.15) is 11.7 Å². The number of carboxylic acids is 1. The van der Waals surface area contributed by atoms with Crippen molar-refractivity contribution in [3.05, 3.63) is 23.9 Å². The molecule has 2 atom stereocenters. The molecule has 0 aromatic heterocycles. The number of carboxylic acid groups (broad SMARTS) is 1. The van der Waals surface area contributed by atoms with Crippen LogP contribution >= 0.6 is 0 Å². The van der Waals surface area contributed by atoms with Gasteiger partial charge < -0.3 is 15.7 Å². The molecule has 1 fully saturated rings. The van der Waals surface area contributed by atoms with E-state index in [0.717, 1.165) is 12.8 Å². The van der Waals surface area contributed by atoms with Crippen LogP contribution in [0, 0.1) is 5.92 Å². The minimum atomic E-state index is -1.20. The van der Waals surface area contributed by atoms with Crippen molar-refractivity contribution in [2.45, 2.75) is 44.3 Å². The van der Waals surface area contributed by atoms with Gasteiger partial charge in [0.05, 0.1) is 0 Å². The van der Waals surface area contributed by atoms with E-state index in [2.05, 4.69) is 10.6 Å². The molecule has 0 aromatic carbocycles. The standard InChI is InChI=1S/C14H19FN2O3/c1-2-14(12(18)19,9-3-4-9)17-13(20)16-11-7-5-10(15)6-8-11/h5,7-10H,2-4,6H2,1H3,(H,18,19)(H2,16,17,20). The third kappa shape index (κ3) is 3.00. The Morgan fingerprint density at radius 1 is 1.50 bits per heavy atom. The number of alkyl halides is 1. The lowest BCUT2D eigenvalue weighted by atomic mass is 9.90. The molecule has 3 N–H and O–H groups in total. The summed E-state index contributed by atoms with van der Waals surface area (Å²) in [6.45, 7) is 1.75. The average molecular weight is 282 g/mol. The predicted octanol–water partition coefficient (Wildman–Crippen LogP) is 2.11. The Hall–Kier alpha value is -1.85. The third-order valence-corrected chi connectivity index (χ3v) is 3.86. The monoisotopic (exact) mass is 282 g/mol. The highest BCUT2D eigenvalue weighted by Gasteiger charge is 2.51. The number of rotatable bonds is 5. The third-order valence-electron chi connectivity index (χ3n) is 3.86. The SMILES string of the molecule is CCC(NC(=O)NC1=CCC(F)C=C1)(C(=O)O)C1CC1. The molecule has 110 valence electrons. The van der Waals surface area contributed by atoms with Crippen molar-refractivity contribution in [2.75, 3.05) is 0 Å². The van der Waals surface area contributed by atoms with Crippen LogP contribution in [0.5, 0.6) is 0 Å². The highest BCUT2D eigenvalue weighted by Crippen LogP contribution is 2.41. The Morgan fingerprint density at radius 3 is 2.65 bits per heavy atom. The summed E-state index contributed by atoms with van der Waals surface area (Å²) in [6, 6.07) is -0.561. The number of amides is 2. The van der Waals surface area contributed by atoms with Gasteiger partial charge in [0.25, 0.3) is 0 Å². The zero-order chi connectivity index (χ0) is 14.8. The Kier molecular flexibility index (Phi) is 4.11. The molecule has 20 heavy (non-hydrogen) atoms. The average Bonchev–Trinajstić information content (AvgIpc) is 3.23. The summed E-state index contributed by atoms with van der Waals surface area (Å²) in [7, 11) is 0. The fourth-order valence-electron chi connectivity index (χ4n) is 2.49. The first-order chi connectivity index (χ1) is 9.48. The van der Waals surface area contributed by atoms with E-state index in [-0.39, 0.29) is 12.3 Å². The van der Waals surface area contributed by atoms with Gasteiger partial charge in [0, 0.05) is 12.1 Å². The van der Waals surface area contributed by atoms with Crippen molar-refractivity contribution in [3.8, 4) is 0 Å². The zero-order valence-electron chi connectivity index (χ0n) is 11.4. The molecule has 2 unspecified atom stereocenters. The second kappa shape index (κ2) is 5.64. The lowest BCUT2D eigenvalue weighted by Crippen LogP contribution is -2.58. The van der Waals surface area contributed by atoms with E-state index in [4.69, 9.17) is 0 Å². The molecule has 6 heteroatoms. The van der Waals surface area contributed by atoms with Crippen molar-refractivity contribution in [3.63, 3.8) is 0 Å². The number of halogens is 1. The van der Waals surface area contributed by atoms with Gasteiger partial charge in [-0.3, -0.25) is 0 Å². The molecule has 1 saturated carbocycles. The summed E-state index contributed by atoms with van der Waals surface area (Å²) in [4.78, 5) is 23.4. The highest BCUT2D eigenvalue weighted by molar-refractivity contribution is 5.87. The molecular formula is C14H19FN2O3. The van der Waals surface area contributed by atoms with E-state index < -0.39 is 23.7 Å². The lowest BCUT2D eigenvalue weighted by molar-refractivity contribution is -0.145. The van der Waals surface area contributed by atoms with Crippen LogP contribution in [0.15, 0.2) is 23.9 Å². The molecule has 0 bridgehead atoms. The second-order valence-electron chi connectivity index (χ2n) is 5.25. The van der Waals surface area contributed by atoms with Crippen LogP contribution in [0.3, 0.4) is 0 Å². The van der Waals surface area contributed by atoms with Crippen LogP contribution in [0.4, 0.5) is 9.18 Å². The fourth-order valence-corrected chi connectivity index (χ4v) is 2.49. The molecular weight excluding hydrogens is 263 g/mol. The molecule has 0 saturated heterocycles. The minimum Gasteiger partial charge on any atom is -0.479 e. The Labute approximate surface area is 116 Å². The first kappa shape index (κ1) is 14.6. The van der Waals surface area contributed by atoms with Gasteiger partial charge in [-0.2, -0.15) is 0 Å². The van der Waals surface area contributed by atoms with E-state index in [9.17, 15) is 19.1 Å². The number of carbonyl (C=O) groups excluding carboxylic acids is 1. The highest BCUT2D eigenvalue weighted by atomic mass is 19.1. The summed E-state index contributed by atoms with van der Waals surface area (Å²) in [6.07, 6.45) is 5.58. The molecule has 0 aliphatic heterocycles. The van der Waals surface area contributed by atoms with Gasteiger partial charge >= 0.3 is 12.0 Å². The van der Waals surface area contributed by atoms with Crippen LogP contribution in [0.25, 0.3) is 0 Å². The van der Waals surface area contributed by atoms with Gasteiger partial charge in [-0.25, -0.2) is 14.0 Å². The largest absolute Gasteiger partial charge is 0.479 e. The van der Waals surface area contributed by atoms with E-state index >= 15 is 0 Å². The molecule has 2 aliphatic rings. The van der Waals surface area contributed by atoms with E-state index in [1.54, 1.807) is 13.0 Å². The van der Waals surface area contributed by atoms with E-state index in [1.165, 1.54) is 12.2 Å². The molecule has 2 aliphatic carbocycles. The number of allylic oxidation sites excluding steroid dienone is 3. The van der Waals surface area contributed by atoms with Crippen molar-refractivity contribution < 1.29 is 19.1 Å². The molecule has 0 radical (unpaired) electrons. The van der Waals surface area contributed by atoms with E-state index in [0.29, 0.717) is 12.1 Å². The van der Waals surface area contributed by atoms with Crippen LogP contribution < -0.4 is 10.6 Å². The van der Waals surface area contributed by atoms with Crippen LogP contribution in [-0.4, -0.2) is 28.8 Å². The van der Waals surface area contributed by atoms with Crippen LogP contribution in [0.1, 0.15) is 32.6 Å². The van der Waals surface area contributed by atoms with Crippen molar-refractivity contribution >= 4 is 12.0 Å². The normalized spacial score (nSPS) is 24.5. The first-order valence-corrected chi connectivity index (χ1v) is 6.83. The maximum atomic E-state index is 12.9. The predicted molar refractivity (Wildman–Crippen MR) is 71.8 cm³/mol. The zero-order valence-corrected chi connectivity index (χ0v) is 11.4. The number of aliphatic carboxylic acids is 1. The van der Waals surface area contributed by atoms with Crippen molar-refractivity contribution in [1.82, 2.24) is 10.6 Å². The summed E-state index contributed by atoms with van der Waals surface area (Å²) >= 11 is 0. The van der Waals surface area contributed by atoms with Gasteiger partial charge in [-0.1, -0.05) is 13.0 Å². The first-order valence-electron chi connectivity index (χ1n) is 6.83. The Morgan fingerprint density at radius 2 is 2.20 bits per heavy atom. The maximum absolute atomic E-state index is 12.9. The molecule has 2 rings (SSSR count). The molecule has 0 heterocycles. The van der Waals surface area contributed by atoms with Gasteiger partial charge in [-0.15, -0.1) is 0 Å². The second-order valence-corrected chi connectivity index (χ2v) is 5.25. The quantitative estimate of drug-likeness (QED) is 0.722. The summed E-state index contributed by atoms with van der Waals surface area (Å²) in [5, 5.41) is 14.5. The fraction of sp³-hybridized carbons (Fsp3) is 0.571. The van der Waals surface area contributed by atoms with Gasteiger partial charge in [-0.05, 0) is 37.3 Å². The smallest absolute Gasteiger partial charge is 0.329 e. The Balaban J connectivity index is 1.99. The summed E-state index contributed by atoms with van der Waals surface area (Å²) < 4.78 is 12.9. The van der Waals surface area contributed by atoms with Gasteiger partial charge in [0.15, 0.2) is 0 Å². The van der Waals surface area contributed by atoms with Crippen LogP contribution in [-0.2, 0) is 4.79 Å². The van der Waals surface area contributed by atoms with Crippen molar-refractivity contribution in [2.24, 2.45) is 5.92 Å². The van der Waals surface area contributed by atoms with E-state index in [1.807, 2.05) is 0 Å². The molecule has 2 amide bonds. The Bertz CT molecular complexity index is 471. The lowest BCUT2D eigenvalue weighted by Gasteiger charge is -2.29. The number of hydrogen-bond acceptors (Lipinski definition) is 2.